The van der Waals surface area contributed by atoms with Gasteiger partial charge in [0.25, 0.3) is 0 Å². The number of methoxy groups -OCH3 is 2. The largest absolute Gasteiger partial charge is 0.377 e. The van der Waals surface area contributed by atoms with Crippen LogP contribution in [0.4, 0.5) is 0 Å². The summed E-state index contributed by atoms with van der Waals surface area (Å²) >= 11 is 0. The van der Waals surface area contributed by atoms with E-state index in [-0.39, 0.29) is 18.5 Å². The van der Waals surface area contributed by atoms with Crippen molar-refractivity contribution in [2.24, 2.45) is 0 Å². The molecule has 0 bridgehead atoms. The molecule has 0 radical (unpaired) electrons. The van der Waals surface area contributed by atoms with Crippen molar-refractivity contribution in [2.45, 2.75) is 37.9 Å². The van der Waals surface area contributed by atoms with Gasteiger partial charge < -0.3 is 18.9 Å². The van der Waals surface area contributed by atoms with E-state index in [9.17, 15) is 0 Å². The van der Waals surface area contributed by atoms with E-state index in [0.717, 1.165) is 32.7 Å². The number of hydrogen-bond donors (Lipinski definition) is 0. The van der Waals surface area contributed by atoms with Crippen molar-refractivity contribution in [3.63, 3.8) is 0 Å². The van der Waals surface area contributed by atoms with Crippen LogP contribution < -0.4 is 0 Å². The van der Waals surface area contributed by atoms with E-state index in [1.807, 2.05) is 0 Å². The Labute approximate surface area is 103 Å². The average Bonchev–Trinajstić information content (AvgIpc) is 2.38. The lowest BCUT2D eigenvalue weighted by Crippen LogP contribution is -2.57. The van der Waals surface area contributed by atoms with Gasteiger partial charge in [-0.2, -0.15) is 0 Å². The summed E-state index contributed by atoms with van der Waals surface area (Å²) in [6, 6.07) is 0.408. The molecule has 0 saturated carbocycles. The molecule has 2 fully saturated rings. The normalized spacial score (nSPS) is 40.4. The third kappa shape index (κ3) is 2.98. The van der Waals surface area contributed by atoms with Crippen LogP contribution in [0.1, 0.15) is 13.3 Å². The molecular formula is C12H23NO4. The van der Waals surface area contributed by atoms with E-state index in [2.05, 4.69) is 11.8 Å². The standard InChI is InChI=1S/C12H23NO4/c1-9-12(15-3)10(4-6-16-9)13-5-7-17-11(8-13)14-2/h9-12H,4-8H2,1-3H3. The van der Waals surface area contributed by atoms with Gasteiger partial charge in [-0.25, -0.2) is 0 Å². The van der Waals surface area contributed by atoms with Gasteiger partial charge in [-0.1, -0.05) is 0 Å². The third-order valence-electron chi connectivity index (χ3n) is 3.71. The molecule has 0 N–H and O–H groups in total. The molecule has 0 aliphatic carbocycles. The van der Waals surface area contributed by atoms with Crippen molar-refractivity contribution in [3.8, 4) is 0 Å². The molecule has 4 unspecified atom stereocenters. The van der Waals surface area contributed by atoms with Crippen molar-refractivity contribution in [1.82, 2.24) is 4.90 Å². The molecule has 2 rings (SSSR count). The van der Waals surface area contributed by atoms with Crippen LogP contribution in [0.15, 0.2) is 0 Å². The van der Waals surface area contributed by atoms with Crippen molar-refractivity contribution >= 4 is 0 Å². The molecule has 5 heteroatoms. The van der Waals surface area contributed by atoms with E-state index in [1.54, 1.807) is 14.2 Å². The lowest BCUT2D eigenvalue weighted by Gasteiger charge is -2.44. The third-order valence-corrected chi connectivity index (χ3v) is 3.71. The maximum Gasteiger partial charge on any atom is 0.169 e. The summed E-state index contributed by atoms with van der Waals surface area (Å²) in [5.74, 6) is 0. The van der Waals surface area contributed by atoms with Gasteiger partial charge in [0.1, 0.15) is 0 Å². The van der Waals surface area contributed by atoms with E-state index < -0.39 is 0 Å². The zero-order valence-corrected chi connectivity index (χ0v) is 10.9. The van der Waals surface area contributed by atoms with Crippen LogP contribution in [-0.2, 0) is 18.9 Å². The van der Waals surface area contributed by atoms with Crippen LogP contribution in [0.5, 0.6) is 0 Å². The van der Waals surface area contributed by atoms with Gasteiger partial charge in [0, 0.05) is 40.0 Å². The minimum atomic E-state index is -0.112. The number of nitrogens with zero attached hydrogens (tertiary/aromatic N) is 1. The highest BCUT2D eigenvalue weighted by Gasteiger charge is 2.37. The predicted octanol–water partition coefficient (Wildman–Crippen LogP) is 0.484. The molecule has 2 aliphatic rings. The van der Waals surface area contributed by atoms with Crippen molar-refractivity contribution in [1.29, 1.82) is 0 Å². The van der Waals surface area contributed by atoms with Crippen LogP contribution in [0.3, 0.4) is 0 Å². The first-order chi connectivity index (χ1) is 8.26. The van der Waals surface area contributed by atoms with E-state index in [4.69, 9.17) is 18.9 Å². The van der Waals surface area contributed by atoms with E-state index >= 15 is 0 Å². The first-order valence-corrected chi connectivity index (χ1v) is 6.29. The van der Waals surface area contributed by atoms with Gasteiger partial charge in [-0.15, -0.1) is 0 Å². The summed E-state index contributed by atoms with van der Waals surface area (Å²) in [6.45, 7) is 5.36. The summed E-state index contributed by atoms with van der Waals surface area (Å²) in [5, 5.41) is 0. The second-order valence-electron chi connectivity index (χ2n) is 4.66. The second-order valence-corrected chi connectivity index (χ2v) is 4.66. The van der Waals surface area contributed by atoms with Crippen molar-refractivity contribution in [3.05, 3.63) is 0 Å². The maximum atomic E-state index is 5.64. The summed E-state index contributed by atoms with van der Waals surface area (Å²) in [7, 11) is 3.45. The van der Waals surface area contributed by atoms with Gasteiger partial charge in [-0.05, 0) is 13.3 Å². The Morgan fingerprint density at radius 2 is 1.94 bits per heavy atom. The van der Waals surface area contributed by atoms with Crippen molar-refractivity contribution < 1.29 is 18.9 Å². The summed E-state index contributed by atoms with van der Waals surface area (Å²) in [4.78, 5) is 2.41. The number of rotatable bonds is 3. The number of morpholine rings is 1. The first kappa shape index (κ1) is 13.2. The minimum Gasteiger partial charge on any atom is -0.377 e. The number of ether oxygens (including phenoxy) is 4. The molecule has 5 nitrogen and oxygen atoms in total. The zero-order chi connectivity index (χ0) is 12.3. The molecular weight excluding hydrogens is 222 g/mol. The molecule has 0 aromatic carbocycles. The molecule has 0 aromatic rings. The van der Waals surface area contributed by atoms with Crippen LogP contribution in [-0.4, -0.2) is 70.0 Å². The Kier molecular flexibility index (Phi) is 4.76. The molecule has 0 spiro atoms. The van der Waals surface area contributed by atoms with E-state index in [0.29, 0.717) is 6.04 Å². The SMILES string of the molecule is COC1CN(C2CCOC(C)C2OC)CCO1. The Morgan fingerprint density at radius 1 is 1.12 bits per heavy atom. The summed E-state index contributed by atoms with van der Waals surface area (Å²) in [5.41, 5.74) is 0. The molecule has 17 heavy (non-hydrogen) atoms. The fourth-order valence-corrected chi connectivity index (χ4v) is 2.77. The zero-order valence-electron chi connectivity index (χ0n) is 10.9. The van der Waals surface area contributed by atoms with Gasteiger partial charge in [0.05, 0.1) is 18.8 Å². The highest BCUT2D eigenvalue weighted by molar-refractivity contribution is 4.88. The van der Waals surface area contributed by atoms with Crippen LogP contribution in [0.2, 0.25) is 0 Å². The minimum absolute atomic E-state index is 0.112. The monoisotopic (exact) mass is 245 g/mol. The molecule has 100 valence electrons. The Hall–Kier alpha value is -0.200. The van der Waals surface area contributed by atoms with Crippen LogP contribution >= 0.6 is 0 Å². The molecule has 0 aromatic heterocycles. The maximum absolute atomic E-state index is 5.64. The topological polar surface area (TPSA) is 40.2 Å². The Morgan fingerprint density at radius 3 is 2.65 bits per heavy atom. The first-order valence-electron chi connectivity index (χ1n) is 6.29. The van der Waals surface area contributed by atoms with Gasteiger partial charge in [0.15, 0.2) is 6.29 Å². The van der Waals surface area contributed by atoms with Crippen LogP contribution in [0.25, 0.3) is 0 Å². The molecule has 0 amide bonds. The van der Waals surface area contributed by atoms with Crippen molar-refractivity contribution in [2.75, 3.05) is 40.5 Å². The van der Waals surface area contributed by atoms with Gasteiger partial charge in [0.2, 0.25) is 0 Å². The lowest BCUT2D eigenvalue weighted by atomic mass is 9.98. The quantitative estimate of drug-likeness (QED) is 0.723. The Balaban J connectivity index is 1.98. The molecule has 4 atom stereocenters. The fraction of sp³-hybridized carbons (Fsp3) is 1.00. The smallest absolute Gasteiger partial charge is 0.169 e. The van der Waals surface area contributed by atoms with Gasteiger partial charge in [-0.3, -0.25) is 4.90 Å². The lowest BCUT2D eigenvalue weighted by molar-refractivity contribution is -0.193. The van der Waals surface area contributed by atoms with Crippen LogP contribution in [0, 0.1) is 0 Å². The highest BCUT2D eigenvalue weighted by Crippen LogP contribution is 2.24. The number of hydrogen-bond acceptors (Lipinski definition) is 5. The predicted molar refractivity (Wildman–Crippen MR) is 62.9 cm³/mol. The van der Waals surface area contributed by atoms with Gasteiger partial charge >= 0.3 is 0 Å². The summed E-state index contributed by atoms with van der Waals surface area (Å²) < 4.78 is 22.0. The highest BCUT2D eigenvalue weighted by atomic mass is 16.7. The molecule has 2 heterocycles. The fourth-order valence-electron chi connectivity index (χ4n) is 2.77. The summed E-state index contributed by atoms with van der Waals surface area (Å²) in [6.07, 6.45) is 1.19. The molecule has 2 saturated heterocycles. The second kappa shape index (κ2) is 6.11. The average molecular weight is 245 g/mol. The van der Waals surface area contributed by atoms with E-state index in [1.165, 1.54) is 0 Å². The molecule has 2 aliphatic heterocycles. The Bertz CT molecular complexity index is 239.